The Morgan fingerprint density at radius 1 is 1.19 bits per heavy atom. The number of carbonyl (C=O) groups is 1. The standard InChI is InChI=1S/C15H12FNO4/c16-12-3-1-9(15(18)19)5-10(12)7-17-11-2-4-13-14(6-11)21-8-20-13/h1-6,17H,7-8H2,(H,18,19). The highest BCUT2D eigenvalue weighted by atomic mass is 19.1. The molecule has 108 valence electrons. The first-order chi connectivity index (χ1) is 10.1. The summed E-state index contributed by atoms with van der Waals surface area (Å²) >= 11 is 0. The van der Waals surface area contributed by atoms with E-state index in [4.69, 9.17) is 14.6 Å². The molecular weight excluding hydrogens is 277 g/mol. The molecule has 0 bridgehead atoms. The highest BCUT2D eigenvalue weighted by Gasteiger charge is 2.13. The van der Waals surface area contributed by atoms with Crippen LogP contribution in [0.2, 0.25) is 0 Å². The molecule has 0 spiro atoms. The minimum absolute atomic E-state index is 0.0545. The van der Waals surface area contributed by atoms with Gasteiger partial charge in [-0.3, -0.25) is 0 Å². The van der Waals surface area contributed by atoms with E-state index in [9.17, 15) is 9.18 Å². The zero-order valence-corrected chi connectivity index (χ0v) is 10.9. The lowest BCUT2D eigenvalue weighted by molar-refractivity contribution is 0.0696. The Kier molecular flexibility index (Phi) is 3.35. The predicted molar refractivity (Wildman–Crippen MR) is 73.3 cm³/mol. The molecule has 2 N–H and O–H groups in total. The van der Waals surface area contributed by atoms with Crippen LogP contribution in [-0.4, -0.2) is 17.9 Å². The molecule has 2 aromatic carbocycles. The third-order valence-electron chi connectivity index (χ3n) is 3.15. The second-order valence-electron chi connectivity index (χ2n) is 4.53. The van der Waals surface area contributed by atoms with E-state index in [1.165, 1.54) is 12.1 Å². The van der Waals surface area contributed by atoms with Gasteiger partial charge >= 0.3 is 5.97 Å². The van der Waals surface area contributed by atoms with Gasteiger partial charge in [0.25, 0.3) is 0 Å². The van der Waals surface area contributed by atoms with Crippen LogP contribution in [0.4, 0.5) is 10.1 Å². The number of rotatable bonds is 4. The number of hydrogen-bond acceptors (Lipinski definition) is 4. The molecule has 3 rings (SSSR count). The van der Waals surface area contributed by atoms with Crippen LogP contribution in [0.3, 0.4) is 0 Å². The van der Waals surface area contributed by atoms with E-state index < -0.39 is 11.8 Å². The summed E-state index contributed by atoms with van der Waals surface area (Å²) in [5, 5.41) is 11.9. The Morgan fingerprint density at radius 3 is 2.81 bits per heavy atom. The molecule has 0 radical (unpaired) electrons. The van der Waals surface area contributed by atoms with Crippen molar-refractivity contribution in [2.24, 2.45) is 0 Å². The molecule has 0 amide bonds. The first kappa shape index (κ1) is 13.2. The molecule has 0 unspecified atom stereocenters. The Labute approximate surface area is 119 Å². The number of benzene rings is 2. The number of nitrogens with one attached hydrogen (secondary N) is 1. The number of ether oxygens (including phenoxy) is 2. The summed E-state index contributed by atoms with van der Waals surface area (Å²) in [5.41, 5.74) is 1.07. The first-order valence-electron chi connectivity index (χ1n) is 6.29. The fourth-order valence-electron chi connectivity index (χ4n) is 2.05. The maximum atomic E-state index is 13.7. The van der Waals surface area contributed by atoms with Gasteiger partial charge in [-0.05, 0) is 30.3 Å². The number of aromatic carboxylic acids is 1. The number of carboxylic acid groups (broad SMARTS) is 1. The van der Waals surface area contributed by atoms with E-state index in [1.54, 1.807) is 18.2 Å². The second kappa shape index (κ2) is 5.32. The van der Waals surface area contributed by atoms with Crippen molar-refractivity contribution in [2.75, 3.05) is 12.1 Å². The van der Waals surface area contributed by atoms with Crippen molar-refractivity contribution in [2.45, 2.75) is 6.54 Å². The molecule has 6 heteroatoms. The molecule has 0 atom stereocenters. The Bertz CT molecular complexity index is 702. The van der Waals surface area contributed by atoms with Crippen LogP contribution in [0, 0.1) is 5.82 Å². The maximum absolute atomic E-state index is 13.7. The van der Waals surface area contributed by atoms with Crippen LogP contribution < -0.4 is 14.8 Å². The number of halogens is 1. The van der Waals surface area contributed by atoms with Crippen molar-refractivity contribution in [1.29, 1.82) is 0 Å². The SMILES string of the molecule is O=C(O)c1ccc(F)c(CNc2ccc3c(c2)OCO3)c1. The van der Waals surface area contributed by atoms with E-state index in [0.29, 0.717) is 11.5 Å². The van der Waals surface area contributed by atoms with Crippen LogP contribution >= 0.6 is 0 Å². The van der Waals surface area contributed by atoms with Gasteiger partial charge in [0.1, 0.15) is 5.82 Å². The highest BCUT2D eigenvalue weighted by Crippen LogP contribution is 2.34. The summed E-state index contributed by atoms with van der Waals surface area (Å²) in [5.74, 6) is -0.244. The molecule has 0 saturated heterocycles. The van der Waals surface area contributed by atoms with Gasteiger partial charge in [0, 0.05) is 23.9 Å². The molecule has 1 aliphatic rings. The predicted octanol–water partition coefficient (Wildman–Crippen LogP) is 2.86. The van der Waals surface area contributed by atoms with Crippen LogP contribution in [0.1, 0.15) is 15.9 Å². The van der Waals surface area contributed by atoms with Crippen molar-refractivity contribution < 1.29 is 23.8 Å². The van der Waals surface area contributed by atoms with Crippen LogP contribution in [0.25, 0.3) is 0 Å². The molecular formula is C15H12FNO4. The quantitative estimate of drug-likeness (QED) is 0.906. The first-order valence-corrected chi connectivity index (χ1v) is 6.29. The van der Waals surface area contributed by atoms with Crippen LogP contribution in [-0.2, 0) is 6.54 Å². The Hall–Kier alpha value is -2.76. The average Bonchev–Trinajstić information content (AvgIpc) is 2.93. The number of fused-ring (bicyclic) bond motifs is 1. The van der Waals surface area contributed by atoms with Crippen molar-refractivity contribution in [1.82, 2.24) is 0 Å². The fourth-order valence-corrected chi connectivity index (χ4v) is 2.05. The average molecular weight is 289 g/mol. The van der Waals surface area contributed by atoms with E-state index in [-0.39, 0.29) is 24.5 Å². The molecule has 1 aliphatic heterocycles. The summed E-state index contributed by atoms with van der Waals surface area (Å²) in [6.45, 7) is 0.362. The number of hydrogen-bond donors (Lipinski definition) is 2. The maximum Gasteiger partial charge on any atom is 0.335 e. The van der Waals surface area contributed by atoms with Gasteiger partial charge in [-0.15, -0.1) is 0 Å². The summed E-state index contributed by atoms with van der Waals surface area (Å²) < 4.78 is 24.1. The lowest BCUT2D eigenvalue weighted by atomic mass is 10.1. The van der Waals surface area contributed by atoms with Gasteiger partial charge in [0.05, 0.1) is 5.56 Å². The number of anilines is 1. The summed E-state index contributed by atoms with van der Waals surface area (Å²) in [6, 6.07) is 9.00. The van der Waals surface area contributed by atoms with Gasteiger partial charge in [-0.1, -0.05) is 0 Å². The van der Waals surface area contributed by atoms with Crippen molar-refractivity contribution in [3.8, 4) is 11.5 Å². The van der Waals surface area contributed by atoms with Crippen LogP contribution in [0.15, 0.2) is 36.4 Å². The highest BCUT2D eigenvalue weighted by molar-refractivity contribution is 5.87. The summed E-state index contributed by atoms with van der Waals surface area (Å²) in [6.07, 6.45) is 0. The Morgan fingerprint density at radius 2 is 2.00 bits per heavy atom. The van der Waals surface area contributed by atoms with Crippen molar-refractivity contribution in [3.63, 3.8) is 0 Å². The third kappa shape index (κ3) is 2.74. The smallest absolute Gasteiger partial charge is 0.335 e. The molecule has 0 aromatic heterocycles. The van der Waals surface area contributed by atoms with Crippen molar-refractivity contribution in [3.05, 3.63) is 53.3 Å². The molecule has 2 aromatic rings. The van der Waals surface area contributed by atoms with Crippen molar-refractivity contribution >= 4 is 11.7 Å². The molecule has 21 heavy (non-hydrogen) atoms. The normalized spacial score (nSPS) is 12.2. The molecule has 1 heterocycles. The van der Waals surface area contributed by atoms with Gasteiger partial charge in [0.15, 0.2) is 11.5 Å². The van der Waals surface area contributed by atoms with E-state index in [1.807, 2.05) is 0 Å². The summed E-state index contributed by atoms with van der Waals surface area (Å²) in [7, 11) is 0. The summed E-state index contributed by atoms with van der Waals surface area (Å²) in [4.78, 5) is 10.9. The largest absolute Gasteiger partial charge is 0.478 e. The van der Waals surface area contributed by atoms with E-state index >= 15 is 0 Å². The monoisotopic (exact) mass is 289 g/mol. The lowest BCUT2D eigenvalue weighted by Gasteiger charge is -2.09. The van der Waals surface area contributed by atoms with Gasteiger partial charge < -0.3 is 19.9 Å². The molecule has 0 aliphatic carbocycles. The second-order valence-corrected chi connectivity index (χ2v) is 4.53. The zero-order valence-electron chi connectivity index (χ0n) is 10.9. The lowest BCUT2D eigenvalue weighted by Crippen LogP contribution is -2.05. The van der Waals surface area contributed by atoms with E-state index in [0.717, 1.165) is 11.8 Å². The minimum Gasteiger partial charge on any atom is -0.478 e. The fraction of sp³-hybridized carbons (Fsp3) is 0.133. The Balaban J connectivity index is 1.75. The number of carboxylic acids is 1. The van der Waals surface area contributed by atoms with Crippen LogP contribution in [0.5, 0.6) is 11.5 Å². The topological polar surface area (TPSA) is 67.8 Å². The molecule has 0 fully saturated rings. The third-order valence-corrected chi connectivity index (χ3v) is 3.15. The molecule has 5 nitrogen and oxygen atoms in total. The van der Waals surface area contributed by atoms with Gasteiger partial charge in [-0.2, -0.15) is 0 Å². The molecule has 0 saturated carbocycles. The van der Waals surface area contributed by atoms with Gasteiger partial charge in [-0.25, -0.2) is 9.18 Å². The minimum atomic E-state index is -1.08. The van der Waals surface area contributed by atoms with Gasteiger partial charge in [0.2, 0.25) is 6.79 Å². The zero-order chi connectivity index (χ0) is 14.8. The van der Waals surface area contributed by atoms with E-state index in [2.05, 4.69) is 5.32 Å².